The smallest absolute Gasteiger partial charge is 0.156 e. The van der Waals surface area contributed by atoms with Crippen LogP contribution in [-0.2, 0) is 6.61 Å². The third kappa shape index (κ3) is 2.94. The van der Waals surface area contributed by atoms with Crippen LogP contribution in [0.4, 0.5) is 10.1 Å². The van der Waals surface area contributed by atoms with E-state index in [-0.39, 0.29) is 12.4 Å². The third-order valence-corrected chi connectivity index (χ3v) is 3.17. The predicted molar refractivity (Wildman–Crippen MR) is 74.3 cm³/mol. The highest BCUT2D eigenvalue weighted by Gasteiger charge is 2.09. The first-order valence-electron chi connectivity index (χ1n) is 5.18. The lowest BCUT2D eigenvalue weighted by Crippen LogP contribution is -2.01. The highest BCUT2D eigenvalue weighted by Crippen LogP contribution is 2.35. The minimum absolute atomic E-state index is 0.108. The molecule has 0 aromatic heterocycles. The van der Waals surface area contributed by atoms with E-state index >= 15 is 0 Å². The van der Waals surface area contributed by atoms with Crippen LogP contribution in [0.3, 0.4) is 0 Å². The van der Waals surface area contributed by atoms with E-state index in [1.165, 1.54) is 6.07 Å². The Balaban J connectivity index is 2.19. The molecule has 0 heterocycles. The van der Waals surface area contributed by atoms with Crippen molar-refractivity contribution in [2.24, 2.45) is 0 Å². The van der Waals surface area contributed by atoms with Gasteiger partial charge in [-0.3, -0.25) is 0 Å². The summed E-state index contributed by atoms with van der Waals surface area (Å²) in [6.07, 6.45) is 0. The van der Waals surface area contributed by atoms with Crippen molar-refractivity contribution in [1.82, 2.24) is 0 Å². The number of halogens is 3. The van der Waals surface area contributed by atoms with Gasteiger partial charge in [-0.25, -0.2) is 4.39 Å². The van der Waals surface area contributed by atoms with Gasteiger partial charge in [0, 0.05) is 10.6 Å². The van der Waals surface area contributed by atoms with Gasteiger partial charge in [-0.15, -0.1) is 0 Å². The molecule has 94 valence electrons. The lowest BCUT2D eigenvalue weighted by Gasteiger charge is -2.11. The van der Waals surface area contributed by atoms with E-state index in [4.69, 9.17) is 22.1 Å². The molecule has 0 aliphatic heterocycles. The molecule has 0 aliphatic carbocycles. The first-order chi connectivity index (χ1) is 8.58. The zero-order valence-electron chi connectivity index (χ0n) is 9.29. The highest BCUT2D eigenvalue weighted by molar-refractivity contribution is 9.10. The topological polar surface area (TPSA) is 35.2 Å². The van der Waals surface area contributed by atoms with Gasteiger partial charge in [-0.05, 0) is 34.1 Å². The molecular formula is C13H10BrClFNO. The molecule has 0 saturated carbocycles. The summed E-state index contributed by atoms with van der Waals surface area (Å²) in [5.74, 6) is 0.156. The number of hydrogen-bond donors (Lipinski definition) is 1. The van der Waals surface area contributed by atoms with E-state index in [1.807, 2.05) is 0 Å². The largest absolute Gasteiger partial charge is 0.485 e. The molecule has 2 N–H and O–H groups in total. The Bertz CT molecular complexity index is 554. The van der Waals surface area contributed by atoms with E-state index in [0.29, 0.717) is 26.5 Å². The number of benzene rings is 2. The molecule has 0 saturated heterocycles. The lowest BCUT2D eigenvalue weighted by molar-refractivity contribution is 0.299. The zero-order valence-corrected chi connectivity index (χ0v) is 11.6. The molecule has 0 aliphatic rings. The normalized spacial score (nSPS) is 10.4. The van der Waals surface area contributed by atoms with Gasteiger partial charge in [0.1, 0.15) is 12.4 Å². The summed E-state index contributed by atoms with van der Waals surface area (Å²) < 4.78 is 19.6. The maximum atomic E-state index is 13.4. The highest BCUT2D eigenvalue weighted by atomic mass is 79.9. The molecule has 18 heavy (non-hydrogen) atoms. The lowest BCUT2D eigenvalue weighted by atomic mass is 10.2. The van der Waals surface area contributed by atoms with Crippen LogP contribution in [0.2, 0.25) is 5.02 Å². The van der Waals surface area contributed by atoms with Crippen molar-refractivity contribution in [1.29, 1.82) is 0 Å². The Hall–Kier alpha value is -1.26. The quantitative estimate of drug-likeness (QED) is 0.846. The van der Waals surface area contributed by atoms with Gasteiger partial charge >= 0.3 is 0 Å². The first-order valence-corrected chi connectivity index (χ1v) is 6.35. The molecule has 2 aromatic rings. The van der Waals surface area contributed by atoms with Crippen molar-refractivity contribution in [3.05, 3.63) is 57.3 Å². The Labute approximate surface area is 118 Å². The monoisotopic (exact) mass is 329 g/mol. The minimum Gasteiger partial charge on any atom is -0.485 e. The Kier molecular flexibility index (Phi) is 4.09. The summed E-state index contributed by atoms with van der Waals surface area (Å²) in [6, 6.07) is 9.69. The number of hydrogen-bond acceptors (Lipinski definition) is 2. The second-order valence-corrected chi connectivity index (χ2v) is 4.98. The molecule has 0 spiro atoms. The van der Waals surface area contributed by atoms with Crippen LogP contribution in [0.15, 0.2) is 40.9 Å². The van der Waals surface area contributed by atoms with Gasteiger partial charge < -0.3 is 10.5 Å². The Morgan fingerprint density at radius 2 is 2.00 bits per heavy atom. The van der Waals surface area contributed by atoms with Crippen molar-refractivity contribution in [3.8, 4) is 5.75 Å². The van der Waals surface area contributed by atoms with Gasteiger partial charge in [-0.1, -0.05) is 29.8 Å². The molecule has 2 aromatic carbocycles. The second kappa shape index (κ2) is 5.59. The van der Waals surface area contributed by atoms with Crippen LogP contribution in [-0.4, -0.2) is 0 Å². The van der Waals surface area contributed by atoms with Crippen LogP contribution in [0.1, 0.15) is 5.56 Å². The summed E-state index contributed by atoms with van der Waals surface area (Å²) in [5.41, 5.74) is 6.67. The number of anilines is 1. The van der Waals surface area contributed by atoms with Crippen molar-refractivity contribution in [2.75, 3.05) is 5.73 Å². The van der Waals surface area contributed by atoms with E-state index in [9.17, 15) is 4.39 Å². The van der Waals surface area contributed by atoms with Crippen LogP contribution in [0.5, 0.6) is 5.75 Å². The molecule has 0 radical (unpaired) electrons. The van der Waals surface area contributed by atoms with Gasteiger partial charge in [-0.2, -0.15) is 0 Å². The second-order valence-electron chi connectivity index (χ2n) is 3.69. The van der Waals surface area contributed by atoms with Crippen LogP contribution in [0.25, 0.3) is 0 Å². The molecule has 0 bridgehead atoms. The number of ether oxygens (including phenoxy) is 1. The zero-order chi connectivity index (χ0) is 13.1. The predicted octanol–water partition coefficient (Wildman–Crippen LogP) is 4.40. The molecule has 5 heteroatoms. The van der Waals surface area contributed by atoms with Crippen molar-refractivity contribution in [2.45, 2.75) is 6.61 Å². The molecule has 0 unspecified atom stereocenters. The first kappa shape index (κ1) is 13.2. The van der Waals surface area contributed by atoms with E-state index in [0.717, 1.165) is 0 Å². The number of rotatable bonds is 3. The molecule has 2 rings (SSSR count). The van der Waals surface area contributed by atoms with Crippen LogP contribution < -0.4 is 10.5 Å². The van der Waals surface area contributed by atoms with Gasteiger partial charge in [0.15, 0.2) is 5.75 Å². The molecule has 0 atom stereocenters. The fourth-order valence-corrected chi connectivity index (χ4v) is 2.45. The van der Waals surface area contributed by atoms with Crippen LogP contribution in [0, 0.1) is 5.82 Å². The third-order valence-electron chi connectivity index (χ3n) is 2.37. The minimum atomic E-state index is -0.304. The summed E-state index contributed by atoms with van der Waals surface area (Å²) in [5, 5.41) is 0.512. The maximum absolute atomic E-state index is 13.4. The summed E-state index contributed by atoms with van der Waals surface area (Å²) in [6.45, 7) is 0.108. The molecule has 2 nitrogen and oxygen atoms in total. The average Bonchev–Trinajstić information content (AvgIpc) is 2.30. The summed E-state index contributed by atoms with van der Waals surface area (Å²) in [7, 11) is 0. The molecule has 0 fully saturated rings. The van der Waals surface area contributed by atoms with Crippen LogP contribution >= 0.6 is 27.5 Å². The molecule has 0 amide bonds. The average molecular weight is 331 g/mol. The Morgan fingerprint density at radius 1 is 1.28 bits per heavy atom. The SMILES string of the molecule is Nc1cc(Cl)cc(Br)c1OCc1ccccc1F. The van der Waals surface area contributed by atoms with Gasteiger partial charge in [0.2, 0.25) is 0 Å². The number of nitrogen functional groups attached to an aromatic ring is 1. The van der Waals surface area contributed by atoms with Gasteiger partial charge in [0.05, 0.1) is 10.2 Å². The summed E-state index contributed by atoms with van der Waals surface area (Å²) >= 11 is 9.15. The van der Waals surface area contributed by atoms with Crippen molar-refractivity contribution in [3.63, 3.8) is 0 Å². The fraction of sp³-hybridized carbons (Fsp3) is 0.0769. The van der Waals surface area contributed by atoms with E-state index < -0.39 is 0 Å². The van der Waals surface area contributed by atoms with Gasteiger partial charge in [0.25, 0.3) is 0 Å². The summed E-state index contributed by atoms with van der Waals surface area (Å²) in [4.78, 5) is 0. The van der Waals surface area contributed by atoms with E-state index in [2.05, 4.69) is 15.9 Å². The standard InChI is InChI=1S/C13H10BrClFNO/c14-10-5-9(15)6-12(17)13(10)18-7-8-3-1-2-4-11(8)16/h1-6H,7,17H2. The Morgan fingerprint density at radius 3 is 2.67 bits per heavy atom. The molecular weight excluding hydrogens is 321 g/mol. The van der Waals surface area contributed by atoms with Crippen molar-refractivity contribution >= 4 is 33.2 Å². The number of nitrogens with two attached hydrogens (primary N) is 1. The van der Waals surface area contributed by atoms with E-state index in [1.54, 1.807) is 30.3 Å². The fourth-order valence-electron chi connectivity index (χ4n) is 1.50. The maximum Gasteiger partial charge on any atom is 0.156 e. The van der Waals surface area contributed by atoms with Crippen molar-refractivity contribution < 1.29 is 9.13 Å².